The molecule has 0 bridgehead atoms. The Bertz CT molecular complexity index is 354. The number of hydrogen-bond acceptors (Lipinski definition) is 3. The maximum Gasteiger partial charge on any atom is 0.171 e. The maximum absolute atomic E-state index is 12.0. The first-order chi connectivity index (χ1) is 7.57. The normalized spacial score (nSPS) is 45.2. The van der Waals surface area contributed by atoms with Crippen molar-refractivity contribution in [3.8, 4) is 0 Å². The van der Waals surface area contributed by atoms with Gasteiger partial charge in [0.2, 0.25) is 0 Å². The van der Waals surface area contributed by atoms with Crippen LogP contribution in [0.5, 0.6) is 0 Å². The molecule has 0 unspecified atom stereocenters. The molecule has 3 nitrogen and oxygen atoms in total. The Morgan fingerprint density at radius 1 is 1.31 bits per heavy atom. The minimum absolute atomic E-state index is 0.0249. The molecule has 0 radical (unpaired) electrons. The Labute approximate surface area is 95.8 Å². The number of carbonyl (C=O) groups excluding carboxylic acids is 1. The maximum atomic E-state index is 12.0. The summed E-state index contributed by atoms with van der Waals surface area (Å²) in [4.78, 5) is 12.0. The number of ketones is 1. The molecular weight excluding hydrogens is 204 g/mol. The van der Waals surface area contributed by atoms with E-state index in [1.165, 1.54) is 0 Å². The molecule has 1 saturated heterocycles. The van der Waals surface area contributed by atoms with E-state index < -0.39 is 5.79 Å². The van der Waals surface area contributed by atoms with Crippen LogP contribution in [-0.4, -0.2) is 24.8 Å². The number of allylic oxidation sites excluding steroid dienone is 2. The first kappa shape index (κ1) is 10.5. The lowest BCUT2D eigenvalue weighted by molar-refractivity contribution is -0.232. The van der Waals surface area contributed by atoms with Crippen molar-refractivity contribution in [3.63, 3.8) is 0 Å². The van der Waals surface area contributed by atoms with Crippen LogP contribution in [0.4, 0.5) is 0 Å². The first-order valence-corrected chi connectivity index (χ1v) is 6.08. The van der Waals surface area contributed by atoms with Gasteiger partial charge in [0, 0.05) is 18.3 Å². The van der Waals surface area contributed by atoms with Crippen molar-refractivity contribution in [2.45, 2.75) is 32.5 Å². The van der Waals surface area contributed by atoms with E-state index in [1.54, 1.807) is 6.08 Å². The molecule has 3 atom stereocenters. The third-order valence-corrected chi connectivity index (χ3v) is 4.63. The molecule has 0 amide bonds. The molecule has 3 heteroatoms. The van der Waals surface area contributed by atoms with Crippen LogP contribution in [0, 0.1) is 17.3 Å². The molecule has 1 spiro atoms. The zero-order valence-electron chi connectivity index (χ0n) is 9.86. The summed E-state index contributed by atoms with van der Waals surface area (Å²) in [5.41, 5.74) is 0.0249. The summed E-state index contributed by atoms with van der Waals surface area (Å²) in [7, 11) is 0. The van der Waals surface area contributed by atoms with E-state index in [1.807, 2.05) is 0 Å². The van der Waals surface area contributed by atoms with Crippen molar-refractivity contribution in [3.05, 3.63) is 12.2 Å². The first-order valence-electron chi connectivity index (χ1n) is 6.08. The highest BCUT2D eigenvalue weighted by Gasteiger charge is 2.57. The number of carbonyl (C=O) groups is 1. The van der Waals surface area contributed by atoms with Crippen LogP contribution in [0.2, 0.25) is 0 Å². The van der Waals surface area contributed by atoms with E-state index in [0.29, 0.717) is 13.2 Å². The van der Waals surface area contributed by atoms with E-state index in [4.69, 9.17) is 9.47 Å². The Balaban J connectivity index is 1.95. The molecule has 0 aromatic heterocycles. The predicted octanol–water partition coefficient (Wildman–Crippen LogP) is 1.92. The SMILES string of the molecule is C[C@H]1[C@H]2C(=O)C=C[C@@]2(C)CCC12OCCO2. The summed E-state index contributed by atoms with van der Waals surface area (Å²) in [6.45, 7) is 5.60. The van der Waals surface area contributed by atoms with Gasteiger partial charge >= 0.3 is 0 Å². The third-order valence-electron chi connectivity index (χ3n) is 4.63. The molecule has 2 aliphatic carbocycles. The van der Waals surface area contributed by atoms with Crippen LogP contribution < -0.4 is 0 Å². The fourth-order valence-corrected chi connectivity index (χ4v) is 3.66. The van der Waals surface area contributed by atoms with Crippen molar-refractivity contribution >= 4 is 5.78 Å². The summed E-state index contributed by atoms with van der Waals surface area (Å²) in [6, 6.07) is 0. The van der Waals surface area contributed by atoms with Gasteiger partial charge in [0.05, 0.1) is 13.2 Å². The van der Waals surface area contributed by atoms with Gasteiger partial charge in [-0.05, 0) is 17.9 Å². The van der Waals surface area contributed by atoms with Gasteiger partial charge in [-0.15, -0.1) is 0 Å². The Morgan fingerprint density at radius 3 is 2.69 bits per heavy atom. The van der Waals surface area contributed by atoms with Crippen molar-refractivity contribution < 1.29 is 14.3 Å². The van der Waals surface area contributed by atoms with Crippen LogP contribution >= 0.6 is 0 Å². The Kier molecular flexibility index (Phi) is 2.08. The Morgan fingerprint density at radius 2 is 2.00 bits per heavy atom. The van der Waals surface area contributed by atoms with Gasteiger partial charge in [0.25, 0.3) is 0 Å². The molecule has 0 aromatic carbocycles. The lowest BCUT2D eigenvalue weighted by atomic mass is 9.62. The van der Waals surface area contributed by atoms with E-state index in [0.717, 1.165) is 12.8 Å². The van der Waals surface area contributed by atoms with Crippen molar-refractivity contribution in [2.75, 3.05) is 13.2 Å². The van der Waals surface area contributed by atoms with Gasteiger partial charge in [0.15, 0.2) is 11.6 Å². The van der Waals surface area contributed by atoms with Crippen LogP contribution in [0.15, 0.2) is 12.2 Å². The van der Waals surface area contributed by atoms with Crippen LogP contribution in [0.3, 0.4) is 0 Å². The summed E-state index contributed by atoms with van der Waals surface area (Å²) in [6.07, 6.45) is 5.70. The number of ether oxygens (including phenoxy) is 2. The highest BCUT2D eigenvalue weighted by Crippen LogP contribution is 2.54. The van der Waals surface area contributed by atoms with Gasteiger partial charge in [0.1, 0.15) is 0 Å². The van der Waals surface area contributed by atoms with Crippen LogP contribution in [-0.2, 0) is 14.3 Å². The Hall–Kier alpha value is -0.670. The zero-order chi connectivity index (χ0) is 11.4. The van der Waals surface area contributed by atoms with Gasteiger partial charge in [-0.3, -0.25) is 4.79 Å². The lowest BCUT2D eigenvalue weighted by Crippen LogP contribution is -2.51. The highest BCUT2D eigenvalue weighted by atomic mass is 16.7. The molecule has 88 valence electrons. The fraction of sp³-hybridized carbons (Fsp3) is 0.769. The molecule has 1 aliphatic heterocycles. The van der Waals surface area contributed by atoms with E-state index >= 15 is 0 Å². The summed E-state index contributed by atoms with van der Waals surface area (Å²) in [5, 5.41) is 0. The monoisotopic (exact) mass is 222 g/mol. The van der Waals surface area contributed by atoms with Crippen molar-refractivity contribution in [1.82, 2.24) is 0 Å². The molecule has 16 heavy (non-hydrogen) atoms. The van der Waals surface area contributed by atoms with Gasteiger partial charge in [-0.1, -0.05) is 19.9 Å². The van der Waals surface area contributed by atoms with Crippen molar-refractivity contribution in [2.24, 2.45) is 17.3 Å². The highest BCUT2D eigenvalue weighted by molar-refractivity contribution is 5.95. The zero-order valence-corrected chi connectivity index (χ0v) is 9.86. The number of hydrogen-bond donors (Lipinski definition) is 0. The second kappa shape index (κ2) is 3.17. The summed E-state index contributed by atoms with van der Waals surface area (Å²) >= 11 is 0. The van der Waals surface area contributed by atoms with E-state index in [-0.39, 0.29) is 23.0 Å². The second-order valence-corrected chi connectivity index (χ2v) is 5.52. The van der Waals surface area contributed by atoms with Crippen LogP contribution in [0.1, 0.15) is 26.7 Å². The molecule has 3 aliphatic rings. The van der Waals surface area contributed by atoms with Gasteiger partial charge in [-0.2, -0.15) is 0 Å². The minimum atomic E-state index is -0.480. The minimum Gasteiger partial charge on any atom is -0.347 e. The number of fused-ring (bicyclic) bond motifs is 1. The largest absolute Gasteiger partial charge is 0.347 e. The van der Waals surface area contributed by atoms with Gasteiger partial charge in [-0.25, -0.2) is 0 Å². The van der Waals surface area contributed by atoms with E-state index in [9.17, 15) is 4.79 Å². The van der Waals surface area contributed by atoms with Crippen LogP contribution in [0.25, 0.3) is 0 Å². The average molecular weight is 222 g/mol. The van der Waals surface area contributed by atoms with Crippen molar-refractivity contribution in [1.29, 1.82) is 0 Å². The molecule has 3 rings (SSSR count). The molecular formula is C13H18O3. The smallest absolute Gasteiger partial charge is 0.171 e. The summed E-state index contributed by atoms with van der Waals surface area (Å²) < 4.78 is 11.6. The lowest BCUT2D eigenvalue weighted by Gasteiger charge is -2.48. The molecule has 0 aromatic rings. The quantitative estimate of drug-likeness (QED) is 0.628. The standard InChI is InChI=1S/C13H18O3/c1-9-11-10(14)3-4-12(11,2)5-6-13(9)15-7-8-16-13/h3-4,9,11H,5-8H2,1-2H3/t9-,11-,12-/m0/s1. The molecule has 2 fully saturated rings. The predicted molar refractivity (Wildman–Crippen MR) is 58.8 cm³/mol. The second-order valence-electron chi connectivity index (χ2n) is 5.52. The fourth-order valence-electron chi connectivity index (χ4n) is 3.66. The van der Waals surface area contributed by atoms with E-state index in [2.05, 4.69) is 19.9 Å². The topological polar surface area (TPSA) is 35.5 Å². The average Bonchev–Trinajstić information content (AvgIpc) is 2.82. The van der Waals surface area contributed by atoms with Gasteiger partial charge < -0.3 is 9.47 Å². The number of rotatable bonds is 0. The molecule has 1 heterocycles. The third kappa shape index (κ3) is 1.19. The molecule has 1 saturated carbocycles. The molecule has 0 N–H and O–H groups in total. The summed E-state index contributed by atoms with van der Waals surface area (Å²) in [5.74, 6) is -0.0462.